The number of hydrogen-bond donors (Lipinski definition) is 0. The quantitative estimate of drug-likeness (QED) is 0.168. The second kappa shape index (κ2) is 14.9. The molecule has 1 saturated carbocycles. The molecule has 1 aliphatic rings. The van der Waals surface area contributed by atoms with Gasteiger partial charge in [0.25, 0.3) is 0 Å². The molecule has 0 unspecified atom stereocenters. The van der Waals surface area contributed by atoms with E-state index in [-0.39, 0.29) is 11.3 Å². The number of rotatable bonds is 15. The molecular weight excluding hydrogens is 482 g/mol. The van der Waals surface area contributed by atoms with Crippen LogP contribution in [0.2, 0.25) is 25.2 Å². The lowest BCUT2D eigenvalue weighted by Crippen LogP contribution is -2.23. The van der Waals surface area contributed by atoms with E-state index in [1.54, 1.807) is 24.3 Å². The molecule has 0 bridgehead atoms. The molecule has 0 N–H and O–H groups in total. The second-order valence-electron chi connectivity index (χ2n) is 11.8. The number of halogens is 2. The maximum Gasteiger partial charge on any atom is 0.201 e. The Balaban J connectivity index is 1.46. The number of benzene rings is 2. The predicted octanol–water partition coefficient (Wildman–Crippen LogP) is 10.3. The molecule has 0 heterocycles. The van der Waals surface area contributed by atoms with E-state index in [0.29, 0.717) is 24.7 Å². The molecular formula is C32H48F2O2Si. The predicted molar refractivity (Wildman–Crippen MR) is 154 cm³/mol. The first kappa shape index (κ1) is 29.7. The molecule has 1 aliphatic carbocycles. The van der Waals surface area contributed by atoms with Gasteiger partial charge in [0.2, 0.25) is 5.82 Å². The highest BCUT2D eigenvalue weighted by Gasteiger charge is 2.23. The molecule has 0 atom stereocenters. The Morgan fingerprint density at radius 2 is 1.49 bits per heavy atom. The largest absolute Gasteiger partial charge is 0.494 e. The highest BCUT2D eigenvalue weighted by atomic mass is 28.3. The van der Waals surface area contributed by atoms with E-state index in [2.05, 4.69) is 26.9 Å². The lowest BCUT2D eigenvalue weighted by molar-refractivity contribution is 0.172. The average Bonchev–Trinajstić information content (AvgIpc) is 2.91. The fourth-order valence-corrected chi connectivity index (χ4v) is 6.81. The van der Waals surface area contributed by atoms with Crippen molar-refractivity contribution >= 4 is 8.07 Å². The van der Waals surface area contributed by atoms with Crippen LogP contribution in [0.25, 0.3) is 11.1 Å². The van der Waals surface area contributed by atoms with E-state index in [4.69, 9.17) is 9.47 Å². The summed E-state index contributed by atoms with van der Waals surface area (Å²) < 4.78 is 41.4. The van der Waals surface area contributed by atoms with Crippen molar-refractivity contribution in [3.8, 4) is 22.6 Å². The van der Waals surface area contributed by atoms with Crippen LogP contribution in [-0.4, -0.2) is 21.3 Å². The number of unbranched alkanes of at least 4 members (excludes halogenated alkanes) is 3. The Bertz CT molecular complexity index is 937. The molecule has 0 aromatic heterocycles. The SMILES string of the molecule is CCCCCC1CCC(COc2ccc(-c3ccc(OCCCC[Si](C)(C)CC)cc3)c(F)c2F)CC1. The molecule has 2 aromatic rings. The van der Waals surface area contributed by atoms with Gasteiger partial charge in [-0.1, -0.05) is 96.1 Å². The van der Waals surface area contributed by atoms with E-state index in [1.807, 2.05) is 12.1 Å². The van der Waals surface area contributed by atoms with Gasteiger partial charge in [-0.3, -0.25) is 0 Å². The van der Waals surface area contributed by atoms with Crippen LogP contribution in [-0.2, 0) is 0 Å². The first-order valence-electron chi connectivity index (χ1n) is 14.7. The molecule has 206 valence electrons. The summed E-state index contributed by atoms with van der Waals surface area (Å²) in [5.41, 5.74) is 0.878. The third-order valence-corrected chi connectivity index (χ3v) is 12.0. The third-order valence-electron chi connectivity index (χ3n) is 8.34. The van der Waals surface area contributed by atoms with Crippen LogP contribution < -0.4 is 9.47 Å². The number of ether oxygens (including phenoxy) is 2. The van der Waals surface area contributed by atoms with Gasteiger partial charge in [0, 0.05) is 13.6 Å². The van der Waals surface area contributed by atoms with E-state index in [9.17, 15) is 8.78 Å². The highest BCUT2D eigenvalue weighted by molar-refractivity contribution is 6.77. The van der Waals surface area contributed by atoms with E-state index in [0.717, 1.165) is 30.9 Å². The standard InChI is InChI=1S/C32H48F2O2Si/c1-5-7-8-11-25-12-14-26(15-13-25)24-36-30-21-20-29(31(33)32(30)34)27-16-18-28(19-17-27)35-22-9-10-23-37(3,4)6-2/h16-21,25-26H,5-15,22-24H2,1-4H3. The van der Waals surface area contributed by atoms with Crippen molar-refractivity contribution in [3.05, 3.63) is 48.0 Å². The maximum atomic E-state index is 14.9. The first-order valence-corrected chi connectivity index (χ1v) is 18.1. The summed E-state index contributed by atoms with van der Waals surface area (Å²) in [6.07, 6.45) is 12.2. The second-order valence-corrected chi connectivity index (χ2v) is 17.3. The topological polar surface area (TPSA) is 18.5 Å². The van der Waals surface area contributed by atoms with Crippen molar-refractivity contribution in [1.29, 1.82) is 0 Å². The van der Waals surface area contributed by atoms with Gasteiger partial charge >= 0.3 is 0 Å². The molecule has 37 heavy (non-hydrogen) atoms. The van der Waals surface area contributed by atoms with Crippen LogP contribution in [0.3, 0.4) is 0 Å². The summed E-state index contributed by atoms with van der Waals surface area (Å²) in [5, 5.41) is 0. The zero-order valence-electron chi connectivity index (χ0n) is 23.6. The molecule has 0 radical (unpaired) electrons. The van der Waals surface area contributed by atoms with Gasteiger partial charge in [0.05, 0.1) is 13.2 Å². The van der Waals surface area contributed by atoms with Gasteiger partial charge in [0.1, 0.15) is 5.75 Å². The summed E-state index contributed by atoms with van der Waals surface area (Å²) in [7, 11) is -1.02. The zero-order chi connectivity index (χ0) is 26.7. The fourth-order valence-electron chi connectivity index (χ4n) is 5.25. The van der Waals surface area contributed by atoms with Crippen LogP contribution in [0.4, 0.5) is 8.78 Å². The van der Waals surface area contributed by atoms with Crippen LogP contribution in [0.1, 0.15) is 78.1 Å². The van der Waals surface area contributed by atoms with Gasteiger partial charge in [-0.25, -0.2) is 4.39 Å². The van der Waals surface area contributed by atoms with Crippen LogP contribution in [0.15, 0.2) is 36.4 Å². The average molecular weight is 531 g/mol. The van der Waals surface area contributed by atoms with Gasteiger partial charge in [0.15, 0.2) is 11.6 Å². The molecule has 3 rings (SSSR count). The zero-order valence-corrected chi connectivity index (χ0v) is 24.6. The maximum absolute atomic E-state index is 14.9. The molecule has 2 aromatic carbocycles. The minimum atomic E-state index is -1.02. The summed E-state index contributed by atoms with van der Waals surface area (Å²) in [4.78, 5) is 0. The molecule has 0 saturated heterocycles. The van der Waals surface area contributed by atoms with Gasteiger partial charge < -0.3 is 9.47 Å². The Kier molecular flexibility index (Phi) is 11.9. The Hall–Kier alpha value is -1.88. The van der Waals surface area contributed by atoms with Crippen molar-refractivity contribution in [1.82, 2.24) is 0 Å². The lowest BCUT2D eigenvalue weighted by Gasteiger charge is -2.28. The summed E-state index contributed by atoms with van der Waals surface area (Å²) >= 11 is 0. The molecule has 0 spiro atoms. The smallest absolute Gasteiger partial charge is 0.201 e. The Morgan fingerprint density at radius 1 is 0.784 bits per heavy atom. The normalized spacial score (nSPS) is 18.1. The summed E-state index contributed by atoms with van der Waals surface area (Å²) in [6.45, 7) is 10.6. The Morgan fingerprint density at radius 3 is 2.16 bits per heavy atom. The minimum absolute atomic E-state index is 0.0144. The number of hydrogen-bond acceptors (Lipinski definition) is 2. The fraction of sp³-hybridized carbons (Fsp3) is 0.625. The molecule has 1 fully saturated rings. The van der Waals surface area contributed by atoms with Crippen molar-refractivity contribution in [2.75, 3.05) is 13.2 Å². The first-order chi connectivity index (χ1) is 17.8. The summed E-state index contributed by atoms with van der Waals surface area (Å²) in [5.74, 6) is 0.278. The van der Waals surface area contributed by atoms with Gasteiger partial charge in [-0.15, -0.1) is 0 Å². The molecule has 5 heteroatoms. The molecule has 0 aliphatic heterocycles. The highest BCUT2D eigenvalue weighted by Crippen LogP contribution is 2.34. The monoisotopic (exact) mass is 530 g/mol. The van der Waals surface area contributed by atoms with Crippen molar-refractivity contribution < 1.29 is 18.3 Å². The van der Waals surface area contributed by atoms with Crippen LogP contribution in [0.5, 0.6) is 11.5 Å². The van der Waals surface area contributed by atoms with E-state index >= 15 is 0 Å². The third kappa shape index (κ3) is 9.42. The van der Waals surface area contributed by atoms with E-state index in [1.165, 1.54) is 57.0 Å². The van der Waals surface area contributed by atoms with Crippen molar-refractivity contribution in [2.45, 2.75) is 103 Å². The van der Waals surface area contributed by atoms with Crippen molar-refractivity contribution in [2.24, 2.45) is 11.8 Å². The van der Waals surface area contributed by atoms with Gasteiger partial charge in [-0.05, 0) is 60.9 Å². The van der Waals surface area contributed by atoms with E-state index < -0.39 is 19.7 Å². The lowest BCUT2D eigenvalue weighted by atomic mass is 9.80. The molecule has 2 nitrogen and oxygen atoms in total. The summed E-state index contributed by atoms with van der Waals surface area (Å²) in [6, 6.07) is 13.1. The van der Waals surface area contributed by atoms with Crippen LogP contribution >= 0.6 is 0 Å². The minimum Gasteiger partial charge on any atom is -0.494 e. The van der Waals surface area contributed by atoms with Crippen molar-refractivity contribution in [3.63, 3.8) is 0 Å². The van der Waals surface area contributed by atoms with Gasteiger partial charge in [-0.2, -0.15) is 4.39 Å². The Labute approximate surface area is 225 Å². The van der Waals surface area contributed by atoms with Crippen LogP contribution in [0, 0.1) is 23.5 Å². The molecule has 0 amide bonds.